The lowest BCUT2D eigenvalue weighted by Gasteiger charge is -2.30. The first-order valence-electron chi connectivity index (χ1n) is 14.8. The molecule has 3 aromatic carbocycles. The van der Waals surface area contributed by atoms with Crippen molar-refractivity contribution in [1.29, 1.82) is 0 Å². The summed E-state index contributed by atoms with van der Waals surface area (Å²) in [4.78, 5) is 35.2. The summed E-state index contributed by atoms with van der Waals surface area (Å²) in [5.74, 6) is 1.97. The van der Waals surface area contributed by atoms with Gasteiger partial charge in [-0.15, -0.1) is 0 Å². The third-order valence-electron chi connectivity index (χ3n) is 7.86. The molecule has 0 saturated carbocycles. The van der Waals surface area contributed by atoms with Gasteiger partial charge in [0.25, 0.3) is 11.5 Å². The van der Waals surface area contributed by atoms with Gasteiger partial charge in [-0.25, -0.2) is 4.99 Å². The van der Waals surface area contributed by atoms with Crippen molar-refractivity contribution in [1.82, 2.24) is 9.47 Å². The zero-order valence-corrected chi connectivity index (χ0v) is 28.2. The number of allylic oxidation sites excluding steroid dienone is 1. The van der Waals surface area contributed by atoms with Crippen LogP contribution in [0.4, 0.5) is 0 Å². The molecule has 9 nitrogen and oxygen atoms in total. The number of hydrogen-bond donors (Lipinski definition) is 0. The van der Waals surface area contributed by atoms with Crippen LogP contribution in [-0.2, 0) is 11.4 Å². The molecule has 0 bridgehead atoms. The van der Waals surface area contributed by atoms with Crippen LogP contribution in [0.1, 0.15) is 43.5 Å². The first-order valence-corrected chi connectivity index (χ1v) is 16.0. The molecule has 0 radical (unpaired) electrons. The smallest absolute Gasteiger partial charge is 0.271 e. The number of nitrogens with zero attached hydrogens (tertiary/aromatic N) is 3. The molecule has 4 aromatic rings. The lowest BCUT2D eigenvalue weighted by Crippen LogP contribution is -2.43. The number of rotatable bonds is 11. The third kappa shape index (κ3) is 6.41. The third-order valence-corrected chi connectivity index (χ3v) is 9.21. The average Bonchev–Trinajstić information content (AvgIpc) is 3.37. The Balaban J connectivity index is 1.62. The highest BCUT2D eigenvalue weighted by molar-refractivity contribution is 7.07. The Morgan fingerprint density at radius 3 is 2.37 bits per heavy atom. The van der Waals surface area contributed by atoms with Gasteiger partial charge >= 0.3 is 0 Å². The maximum atomic E-state index is 14.2. The highest BCUT2D eigenvalue weighted by atomic mass is 35.5. The zero-order valence-electron chi connectivity index (χ0n) is 26.6. The van der Waals surface area contributed by atoms with E-state index in [1.165, 1.54) is 11.3 Å². The molecule has 11 heteroatoms. The van der Waals surface area contributed by atoms with Crippen LogP contribution >= 0.6 is 22.9 Å². The SMILES string of the molecule is CCN(CC)C(=O)C1=C(C)N=c2s/c(=C/c3ccc(OCc4ccccc4Cl)c(OC)c3)c(=O)n2[C@@H]1c1cc(OC)ccc1OC. The summed E-state index contributed by atoms with van der Waals surface area (Å²) >= 11 is 7.55. The molecule has 46 heavy (non-hydrogen) atoms. The van der Waals surface area contributed by atoms with E-state index in [4.69, 9.17) is 35.5 Å². The molecule has 2 heterocycles. The fourth-order valence-corrected chi connectivity index (χ4v) is 6.68. The number of thiazole rings is 1. The van der Waals surface area contributed by atoms with Crippen molar-refractivity contribution in [3.05, 3.63) is 113 Å². The topological polar surface area (TPSA) is 91.6 Å². The maximum Gasteiger partial charge on any atom is 0.271 e. The number of fused-ring (bicyclic) bond motifs is 1. The number of carbonyl (C=O) groups excluding carboxylic acids is 1. The van der Waals surface area contributed by atoms with Crippen molar-refractivity contribution in [3.63, 3.8) is 0 Å². The molecule has 0 fully saturated rings. The monoisotopic (exact) mass is 661 g/mol. The van der Waals surface area contributed by atoms with Crippen LogP contribution in [0.3, 0.4) is 0 Å². The number of carbonyl (C=O) groups is 1. The predicted molar refractivity (Wildman–Crippen MR) is 180 cm³/mol. The fraction of sp³-hybridized carbons (Fsp3) is 0.286. The van der Waals surface area contributed by atoms with Gasteiger partial charge in [0.05, 0.1) is 37.1 Å². The number of ether oxygens (including phenoxy) is 4. The average molecular weight is 662 g/mol. The number of amides is 1. The lowest BCUT2D eigenvalue weighted by atomic mass is 9.93. The van der Waals surface area contributed by atoms with Gasteiger partial charge in [0, 0.05) is 29.2 Å². The van der Waals surface area contributed by atoms with E-state index in [2.05, 4.69) is 0 Å². The fourth-order valence-electron chi connectivity index (χ4n) is 5.44. The summed E-state index contributed by atoms with van der Waals surface area (Å²) in [5.41, 5.74) is 2.89. The Morgan fingerprint density at radius 1 is 0.978 bits per heavy atom. The molecule has 1 aliphatic heterocycles. The highest BCUT2D eigenvalue weighted by Crippen LogP contribution is 2.38. The maximum absolute atomic E-state index is 14.2. The zero-order chi connectivity index (χ0) is 33.0. The van der Waals surface area contributed by atoms with Gasteiger partial charge in [0.2, 0.25) is 0 Å². The largest absolute Gasteiger partial charge is 0.497 e. The molecule has 0 aliphatic carbocycles. The molecule has 1 aliphatic rings. The van der Waals surface area contributed by atoms with Gasteiger partial charge in [0.15, 0.2) is 16.3 Å². The molecule has 0 unspecified atom stereocenters. The van der Waals surface area contributed by atoms with Crippen molar-refractivity contribution in [2.24, 2.45) is 4.99 Å². The van der Waals surface area contributed by atoms with Crippen LogP contribution in [0.5, 0.6) is 23.0 Å². The van der Waals surface area contributed by atoms with E-state index < -0.39 is 6.04 Å². The molecule has 1 aromatic heterocycles. The van der Waals surface area contributed by atoms with E-state index in [1.807, 2.05) is 50.2 Å². The Hall–Kier alpha value is -4.54. The summed E-state index contributed by atoms with van der Waals surface area (Å²) in [6.07, 6.45) is 1.79. The Morgan fingerprint density at radius 2 is 1.70 bits per heavy atom. The summed E-state index contributed by atoms with van der Waals surface area (Å²) in [5, 5.41) is 0.621. The summed E-state index contributed by atoms with van der Waals surface area (Å²) in [7, 11) is 4.70. The van der Waals surface area contributed by atoms with Crippen LogP contribution in [-0.4, -0.2) is 49.8 Å². The first-order chi connectivity index (χ1) is 22.2. The van der Waals surface area contributed by atoms with E-state index in [0.29, 0.717) is 67.3 Å². The minimum atomic E-state index is -0.785. The van der Waals surface area contributed by atoms with Crippen LogP contribution in [0.15, 0.2) is 81.7 Å². The molecule has 0 N–H and O–H groups in total. The molecule has 0 spiro atoms. The quantitative estimate of drug-likeness (QED) is 0.215. The van der Waals surface area contributed by atoms with Gasteiger partial charge in [-0.3, -0.25) is 14.2 Å². The second-order valence-electron chi connectivity index (χ2n) is 10.5. The van der Waals surface area contributed by atoms with Crippen LogP contribution < -0.4 is 33.8 Å². The van der Waals surface area contributed by atoms with E-state index in [9.17, 15) is 9.59 Å². The number of halogens is 1. The number of methoxy groups -OCH3 is 3. The Bertz CT molecular complexity index is 1980. The Labute approximate surface area is 276 Å². The molecule has 1 amide bonds. The van der Waals surface area contributed by atoms with Crippen molar-refractivity contribution < 1.29 is 23.7 Å². The Kier molecular flexibility index (Phi) is 10.2. The van der Waals surface area contributed by atoms with E-state index in [0.717, 1.165) is 11.1 Å². The number of likely N-dealkylation sites (N-methyl/N-ethyl adjacent to an activating group) is 1. The molecule has 5 rings (SSSR count). The second-order valence-corrected chi connectivity index (χ2v) is 11.9. The van der Waals surface area contributed by atoms with Crippen molar-refractivity contribution >= 4 is 34.9 Å². The van der Waals surface area contributed by atoms with Crippen LogP contribution in [0.2, 0.25) is 5.02 Å². The van der Waals surface area contributed by atoms with Gasteiger partial charge in [-0.1, -0.05) is 47.2 Å². The predicted octanol–water partition coefficient (Wildman–Crippen LogP) is 5.36. The lowest BCUT2D eigenvalue weighted by molar-refractivity contribution is -0.127. The minimum absolute atomic E-state index is 0.187. The molecule has 240 valence electrons. The summed E-state index contributed by atoms with van der Waals surface area (Å²) in [6, 6.07) is 17.5. The van der Waals surface area contributed by atoms with E-state index in [1.54, 1.807) is 68.1 Å². The molecular formula is C35H36ClN3O6S. The molecule has 0 saturated heterocycles. The second kappa shape index (κ2) is 14.3. The number of aromatic nitrogens is 1. The van der Waals surface area contributed by atoms with Crippen molar-refractivity contribution in [3.8, 4) is 23.0 Å². The van der Waals surface area contributed by atoms with Gasteiger partial charge < -0.3 is 23.8 Å². The normalized spacial score (nSPS) is 14.4. The minimum Gasteiger partial charge on any atom is -0.497 e. The van der Waals surface area contributed by atoms with Gasteiger partial charge in [-0.05, 0) is 68.8 Å². The van der Waals surface area contributed by atoms with Crippen molar-refractivity contribution in [2.45, 2.75) is 33.4 Å². The standard InChI is InChI=1S/C35H36ClN3O6S/c1-7-38(8-2)34(41)31-21(3)37-35-39(32(31)25-19-24(42-4)14-16-27(25)43-5)33(40)30(46-35)18-22-13-15-28(29(17-22)44-6)45-20-23-11-9-10-12-26(23)36/h9-19,32H,7-8,20H2,1-6H3/b30-18+/t32-/m1/s1. The van der Waals surface area contributed by atoms with Crippen molar-refractivity contribution in [2.75, 3.05) is 34.4 Å². The van der Waals surface area contributed by atoms with Crippen LogP contribution in [0.25, 0.3) is 6.08 Å². The molecular weight excluding hydrogens is 626 g/mol. The van der Waals surface area contributed by atoms with Gasteiger partial charge in [-0.2, -0.15) is 0 Å². The first kappa shape index (κ1) is 32.8. The van der Waals surface area contributed by atoms with Crippen LogP contribution in [0, 0.1) is 0 Å². The number of hydrogen-bond acceptors (Lipinski definition) is 8. The summed E-state index contributed by atoms with van der Waals surface area (Å²) < 4.78 is 24.9. The summed E-state index contributed by atoms with van der Waals surface area (Å²) in [6.45, 7) is 6.95. The number of benzene rings is 3. The molecule has 1 atom stereocenters. The van der Waals surface area contributed by atoms with E-state index >= 15 is 0 Å². The highest BCUT2D eigenvalue weighted by Gasteiger charge is 2.36. The van der Waals surface area contributed by atoms with Gasteiger partial charge in [0.1, 0.15) is 24.1 Å². The van der Waals surface area contributed by atoms with E-state index in [-0.39, 0.29) is 18.1 Å².